The van der Waals surface area contributed by atoms with Crippen LogP contribution in [-0.4, -0.2) is 29.1 Å². The molecule has 144 valence electrons. The molecule has 0 aromatic heterocycles. The lowest BCUT2D eigenvalue weighted by Crippen LogP contribution is -2.52. The van der Waals surface area contributed by atoms with Crippen molar-refractivity contribution in [2.24, 2.45) is 0 Å². The van der Waals surface area contributed by atoms with Crippen molar-refractivity contribution in [3.8, 4) is 0 Å². The van der Waals surface area contributed by atoms with E-state index in [4.69, 9.17) is 0 Å². The average Bonchev–Trinajstić information content (AvgIpc) is 2.76. The van der Waals surface area contributed by atoms with E-state index in [1.54, 1.807) is 11.8 Å². The minimum Gasteiger partial charge on any atom is -0.480 e. The number of hydrogen-bond acceptors (Lipinski definition) is 3. The minimum atomic E-state index is -0.832. The number of carboxylic acid groups (broad SMARTS) is 1. The predicted octanol–water partition coefficient (Wildman–Crippen LogP) is 4.77. The molecule has 28 heavy (non-hydrogen) atoms. The van der Waals surface area contributed by atoms with Crippen molar-refractivity contribution in [2.45, 2.75) is 18.0 Å². The Labute approximate surface area is 170 Å². The molecular weight excluding hydrogens is 366 g/mol. The zero-order valence-corrected chi connectivity index (χ0v) is 16.7. The van der Waals surface area contributed by atoms with Crippen LogP contribution in [0.1, 0.15) is 23.1 Å². The maximum atomic E-state index is 12.1. The molecule has 1 atom stereocenters. The van der Waals surface area contributed by atoms with Crippen LogP contribution in [0.15, 0.2) is 91.0 Å². The highest BCUT2D eigenvalue weighted by Gasteiger charge is 2.39. The summed E-state index contributed by atoms with van der Waals surface area (Å²) in [6.45, 7) is 0. The van der Waals surface area contributed by atoms with Crippen molar-refractivity contribution in [3.63, 3.8) is 0 Å². The number of rotatable bonds is 9. The number of benzene rings is 3. The molecule has 2 N–H and O–H groups in total. The molecule has 3 rings (SSSR count). The van der Waals surface area contributed by atoms with E-state index >= 15 is 0 Å². The van der Waals surface area contributed by atoms with Gasteiger partial charge in [-0.3, -0.25) is 10.1 Å². The second kappa shape index (κ2) is 9.58. The summed E-state index contributed by atoms with van der Waals surface area (Å²) in [6, 6.07) is 29.6. The fraction of sp³-hybridized carbons (Fsp3) is 0.208. The second-order valence-corrected chi connectivity index (χ2v) is 7.65. The topological polar surface area (TPSA) is 49.3 Å². The van der Waals surface area contributed by atoms with Gasteiger partial charge >= 0.3 is 5.97 Å². The van der Waals surface area contributed by atoms with Gasteiger partial charge in [0.25, 0.3) is 0 Å². The van der Waals surface area contributed by atoms with E-state index in [1.807, 2.05) is 60.9 Å². The maximum absolute atomic E-state index is 12.1. The molecule has 0 unspecified atom stereocenters. The summed E-state index contributed by atoms with van der Waals surface area (Å²) in [5.74, 6) is -0.0560. The number of hydrogen-bond donors (Lipinski definition) is 2. The van der Waals surface area contributed by atoms with E-state index < -0.39 is 17.6 Å². The highest BCUT2D eigenvalue weighted by atomic mass is 32.2. The lowest BCUT2D eigenvalue weighted by Gasteiger charge is -2.39. The van der Waals surface area contributed by atoms with Gasteiger partial charge in [-0.25, -0.2) is 0 Å². The van der Waals surface area contributed by atoms with Gasteiger partial charge in [-0.15, -0.1) is 0 Å². The Morgan fingerprint density at radius 2 is 1.25 bits per heavy atom. The molecule has 0 saturated heterocycles. The largest absolute Gasteiger partial charge is 0.480 e. The van der Waals surface area contributed by atoms with E-state index in [2.05, 4.69) is 41.7 Å². The number of carbonyl (C=O) groups is 1. The van der Waals surface area contributed by atoms with Crippen LogP contribution < -0.4 is 5.32 Å². The van der Waals surface area contributed by atoms with Crippen molar-refractivity contribution in [3.05, 3.63) is 108 Å². The van der Waals surface area contributed by atoms with E-state index in [9.17, 15) is 9.90 Å². The molecule has 3 aromatic rings. The highest BCUT2D eigenvalue weighted by molar-refractivity contribution is 7.98. The van der Waals surface area contributed by atoms with Gasteiger partial charge in [-0.2, -0.15) is 11.8 Å². The Morgan fingerprint density at radius 3 is 1.57 bits per heavy atom. The summed E-state index contributed by atoms with van der Waals surface area (Å²) in [6.07, 6.45) is 2.54. The zero-order valence-electron chi connectivity index (χ0n) is 15.9. The molecule has 0 aliphatic carbocycles. The molecule has 4 heteroatoms. The van der Waals surface area contributed by atoms with Gasteiger partial charge in [0.1, 0.15) is 6.04 Å². The Hall–Kier alpha value is -2.56. The maximum Gasteiger partial charge on any atom is 0.320 e. The van der Waals surface area contributed by atoms with Crippen LogP contribution in [0.5, 0.6) is 0 Å². The molecule has 0 saturated carbocycles. The Kier molecular flexibility index (Phi) is 6.90. The molecule has 0 bridgehead atoms. The lowest BCUT2D eigenvalue weighted by molar-refractivity contribution is -0.139. The quantitative estimate of drug-likeness (QED) is 0.516. The average molecular weight is 392 g/mol. The summed E-state index contributed by atoms with van der Waals surface area (Å²) >= 11 is 1.66. The summed E-state index contributed by atoms with van der Waals surface area (Å²) in [5, 5.41) is 13.5. The number of thioether (sulfide) groups is 1. The van der Waals surface area contributed by atoms with E-state index in [0.717, 1.165) is 22.4 Å². The first kappa shape index (κ1) is 20.2. The normalized spacial score (nSPS) is 12.5. The molecule has 0 fully saturated rings. The van der Waals surface area contributed by atoms with Gasteiger partial charge in [-0.05, 0) is 35.1 Å². The van der Waals surface area contributed by atoms with E-state index in [1.165, 1.54) is 0 Å². The number of aliphatic carboxylic acids is 1. The van der Waals surface area contributed by atoms with Gasteiger partial charge in [0, 0.05) is 0 Å². The van der Waals surface area contributed by atoms with Gasteiger partial charge in [0.2, 0.25) is 0 Å². The monoisotopic (exact) mass is 391 g/mol. The summed E-state index contributed by atoms with van der Waals surface area (Å²) < 4.78 is 0. The highest BCUT2D eigenvalue weighted by Crippen LogP contribution is 2.37. The van der Waals surface area contributed by atoms with Crippen LogP contribution in [0.25, 0.3) is 0 Å². The van der Waals surface area contributed by atoms with Crippen molar-refractivity contribution in [1.82, 2.24) is 5.32 Å². The van der Waals surface area contributed by atoms with Gasteiger partial charge in [0.05, 0.1) is 5.54 Å². The molecular formula is C24H25NO2S. The molecule has 0 spiro atoms. The van der Waals surface area contributed by atoms with Crippen LogP contribution in [-0.2, 0) is 10.3 Å². The zero-order chi connectivity index (χ0) is 19.8. The van der Waals surface area contributed by atoms with Crippen LogP contribution in [0, 0.1) is 0 Å². The first-order valence-electron chi connectivity index (χ1n) is 9.34. The summed E-state index contributed by atoms with van der Waals surface area (Å²) in [5.41, 5.74) is 2.29. The van der Waals surface area contributed by atoms with Crippen molar-refractivity contribution < 1.29 is 9.90 Å². The SMILES string of the molecule is CSCC[C@@H](NC(c1ccccc1)(c1ccccc1)c1ccccc1)C(=O)O. The molecule has 3 aromatic carbocycles. The second-order valence-electron chi connectivity index (χ2n) is 6.66. The van der Waals surface area contributed by atoms with Crippen molar-refractivity contribution in [1.29, 1.82) is 0 Å². The molecule has 0 heterocycles. The lowest BCUT2D eigenvalue weighted by atomic mass is 9.76. The third-order valence-corrected chi connectivity index (χ3v) is 5.56. The third kappa shape index (κ3) is 4.29. The number of nitrogens with one attached hydrogen (secondary N) is 1. The Bertz CT molecular complexity index is 772. The first-order chi connectivity index (χ1) is 13.7. The third-order valence-electron chi connectivity index (χ3n) is 4.92. The van der Waals surface area contributed by atoms with Gasteiger partial charge in [-0.1, -0.05) is 91.0 Å². The first-order valence-corrected chi connectivity index (χ1v) is 10.7. The van der Waals surface area contributed by atoms with Crippen molar-refractivity contribution >= 4 is 17.7 Å². The van der Waals surface area contributed by atoms with Gasteiger partial charge in [0.15, 0.2) is 0 Å². The van der Waals surface area contributed by atoms with Crippen LogP contribution >= 0.6 is 11.8 Å². The molecule has 3 nitrogen and oxygen atoms in total. The minimum absolute atomic E-state index is 0.546. The molecule has 0 aliphatic heterocycles. The van der Waals surface area contributed by atoms with Gasteiger partial charge < -0.3 is 5.11 Å². The smallest absolute Gasteiger partial charge is 0.320 e. The predicted molar refractivity (Wildman–Crippen MR) is 117 cm³/mol. The Morgan fingerprint density at radius 1 is 0.857 bits per heavy atom. The van der Waals surface area contributed by atoms with E-state index in [-0.39, 0.29) is 0 Å². The number of carboxylic acids is 1. The fourth-order valence-electron chi connectivity index (χ4n) is 3.57. The molecule has 0 amide bonds. The Balaban J connectivity index is 2.23. The van der Waals surface area contributed by atoms with Crippen LogP contribution in [0.3, 0.4) is 0 Å². The van der Waals surface area contributed by atoms with E-state index in [0.29, 0.717) is 6.42 Å². The standard InChI is InChI=1S/C24H25NO2S/c1-28-18-17-22(23(26)27)25-24(19-11-5-2-6-12-19,20-13-7-3-8-14-20)21-15-9-4-10-16-21/h2-16,22,25H,17-18H2,1H3,(H,26,27)/t22-/m1/s1. The summed E-state index contributed by atoms with van der Waals surface area (Å²) in [7, 11) is 0. The molecule has 0 radical (unpaired) electrons. The van der Waals surface area contributed by atoms with Crippen LogP contribution in [0.2, 0.25) is 0 Å². The fourth-order valence-corrected chi connectivity index (χ4v) is 4.04. The van der Waals surface area contributed by atoms with Crippen molar-refractivity contribution in [2.75, 3.05) is 12.0 Å². The molecule has 0 aliphatic rings. The summed E-state index contributed by atoms with van der Waals surface area (Å²) in [4.78, 5) is 12.1. The van der Waals surface area contributed by atoms with Crippen LogP contribution in [0.4, 0.5) is 0 Å².